The van der Waals surface area contributed by atoms with Gasteiger partial charge in [0.05, 0.1) is 0 Å². The molecular weight excluding hydrogens is 318 g/mol. The van der Waals surface area contributed by atoms with Crippen molar-refractivity contribution in [1.29, 1.82) is 0 Å². The maximum atomic E-state index is 12.1. The highest BCUT2D eigenvalue weighted by Crippen LogP contribution is 2.22. The largest absolute Gasteiger partial charge is 0.427 e. The smallest absolute Gasteiger partial charge is 0.363 e. The van der Waals surface area contributed by atoms with E-state index in [9.17, 15) is 9.59 Å². The molecule has 0 N–H and O–H groups in total. The molecule has 1 heterocycles. The third-order valence-electron chi connectivity index (χ3n) is 3.80. The monoisotopic (exact) mass is 335 g/mol. The maximum absolute atomic E-state index is 12.1. The first-order valence-electron chi connectivity index (χ1n) is 7.81. The van der Waals surface area contributed by atoms with Gasteiger partial charge in [-0.2, -0.15) is 0 Å². The fourth-order valence-corrected chi connectivity index (χ4v) is 2.40. The first kappa shape index (κ1) is 16.6. The lowest BCUT2D eigenvalue weighted by Crippen LogP contribution is -2.05. The molecule has 1 aliphatic rings. The van der Waals surface area contributed by atoms with Gasteiger partial charge in [0.25, 0.3) is 0 Å². The van der Waals surface area contributed by atoms with Crippen LogP contribution >= 0.6 is 0 Å². The molecule has 5 heteroatoms. The van der Waals surface area contributed by atoms with Crippen molar-refractivity contribution in [3.63, 3.8) is 0 Å². The van der Waals surface area contributed by atoms with E-state index in [-0.39, 0.29) is 11.6 Å². The van der Waals surface area contributed by atoms with E-state index in [2.05, 4.69) is 4.99 Å². The summed E-state index contributed by atoms with van der Waals surface area (Å²) in [5.41, 5.74) is 3.91. The second kappa shape index (κ2) is 6.73. The SMILES string of the molecule is CC(=O)Oc1cccc(/C=C2\N=C(c3ccc(C)c(C)c3)OC2=O)c1. The summed E-state index contributed by atoms with van der Waals surface area (Å²) in [6.07, 6.45) is 1.60. The Morgan fingerprint density at radius 1 is 1.12 bits per heavy atom. The van der Waals surface area contributed by atoms with Gasteiger partial charge in [0.2, 0.25) is 5.90 Å². The van der Waals surface area contributed by atoms with Crippen molar-refractivity contribution in [2.75, 3.05) is 0 Å². The van der Waals surface area contributed by atoms with Gasteiger partial charge in [0.1, 0.15) is 5.75 Å². The van der Waals surface area contributed by atoms with E-state index in [4.69, 9.17) is 9.47 Å². The van der Waals surface area contributed by atoms with Crippen LogP contribution in [-0.2, 0) is 14.3 Å². The number of esters is 2. The van der Waals surface area contributed by atoms with Crippen molar-refractivity contribution in [1.82, 2.24) is 0 Å². The number of cyclic esters (lactones) is 1. The van der Waals surface area contributed by atoms with Gasteiger partial charge in [-0.3, -0.25) is 4.79 Å². The highest BCUT2D eigenvalue weighted by Gasteiger charge is 2.24. The maximum Gasteiger partial charge on any atom is 0.363 e. The average molecular weight is 335 g/mol. The van der Waals surface area contributed by atoms with E-state index in [0.29, 0.717) is 11.3 Å². The summed E-state index contributed by atoms with van der Waals surface area (Å²) in [4.78, 5) is 27.4. The van der Waals surface area contributed by atoms with E-state index in [1.54, 1.807) is 30.3 Å². The zero-order valence-electron chi connectivity index (χ0n) is 14.2. The standard InChI is InChI=1S/C20H17NO4/c1-12-7-8-16(9-13(12)2)19-21-18(20(23)25-19)11-15-5-4-6-17(10-15)24-14(3)22/h4-11H,1-3H3/b18-11-. The van der Waals surface area contributed by atoms with Crippen LogP contribution in [0.1, 0.15) is 29.2 Å². The Morgan fingerprint density at radius 2 is 1.92 bits per heavy atom. The van der Waals surface area contributed by atoms with E-state index >= 15 is 0 Å². The first-order chi connectivity index (χ1) is 11.9. The van der Waals surface area contributed by atoms with Crippen LogP contribution in [0, 0.1) is 13.8 Å². The number of rotatable bonds is 3. The average Bonchev–Trinajstić information content (AvgIpc) is 2.91. The summed E-state index contributed by atoms with van der Waals surface area (Å²) < 4.78 is 10.3. The lowest BCUT2D eigenvalue weighted by molar-refractivity contribution is -0.132. The third kappa shape index (κ3) is 3.83. The minimum atomic E-state index is -0.508. The molecule has 0 aromatic heterocycles. The van der Waals surface area contributed by atoms with Gasteiger partial charge in [-0.15, -0.1) is 0 Å². The molecule has 1 aliphatic heterocycles. The number of aryl methyl sites for hydroxylation is 2. The van der Waals surface area contributed by atoms with Gasteiger partial charge in [0.15, 0.2) is 5.70 Å². The zero-order chi connectivity index (χ0) is 18.0. The molecule has 0 saturated heterocycles. The molecule has 0 atom stereocenters. The summed E-state index contributed by atoms with van der Waals surface area (Å²) >= 11 is 0. The molecule has 0 saturated carbocycles. The Balaban J connectivity index is 1.90. The Hall–Kier alpha value is -3.21. The number of benzene rings is 2. The van der Waals surface area contributed by atoms with E-state index in [1.165, 1.54) is 6.92 Å². The second-order valence-electron chi connectivity index (χ2n) is 5.80. The lowest BCUT2D eigenvalue weighted by atomic mass is 10.1. The van der Waals surface area contributed by atoms with Crippen LogP contribution in [0.4, 0.5) is 0 Å². The molecule has 0 radical (unpaired) electrons. The van der Waals surface area contributed by atoms with Gasteiger partial charge in [-0.1, -0.05) is 18.2 Å². The minimum absolute atomic E-state index is 0.202. The molecule has 0 amide bonds. The van der Waals surface area contributed by atoms with Gasteiger partial charge >= 0.3 is 11.9 Å². The van der Waals surface area contributed by atoms with Crippen molar-refractivity contribution >= 4 is 23.9 Å². The first-order valence-corrected chi connectivity index (χ1v) is 7.81. The van der Waals surface area contributed by atoms with E-state index in [1.807, 2.05) is 32.0 Å². The number of carbonyl (C=O) groups is 2. The fourth-order valence-electron chi connectivity index (χ4n) is 2.40. The molecular formula is C20H17NO4. The van der Waals surface area contributed by atoms with Crippen LogP contribution < -0.4 is 4.74 Å². The summed E-state index contributed by atoms with van der Waals surface area (Å²) in [5.74, 6) is -0.215. The summed E-state index contributed by atoms with van der Waals surface area (Å²) in [5, 5.41) is 0. The Kier molecular flexibility index (Phi) is 4.48. The molecule has 25 heavy (non-hydrogen) atoms. The second-order valence-corrected chi connectivity index (χ2v) is 5.80. The summed E-state index contributed by atoms with van der Waals surface area (Å²) in [6, 6.07) is 12.6. The van der Waals surface area contributed by atoms with Gasteiger partial charge < -0.3 is 9.47 Å². The van der Waals surface area contributed by atoms with Gasteiger partial charge in [0, 0.05) is 12.5 Å². The van der Waals surface area contributed by atoms with Crippen LogP contribution in [0.25, 0.3) is 6.08 Å². The third-order valence-corrected chi connectivity index (χ3v) is 3.80. The fraction of sp³-hybridized carbons (Fsp3) is 0.150. The van der Waals surface area contributed by atoms with E-state index < -0.39 is 11.9 Å². The quantitative estimate of drug-likeness (QED) is 0.489. The van der Waals surface area contributed by atoms with Crippen molar-refractivity contribution in [3.05, 3.63) is 70.4 Å². The van der Waals surface area contributed by atoms with Crippen molar-refractivity contribution in [2.45, 2.75) is 20.8 Å². The zero-order valence-corrected chi connectivity index (χ0v) is 14.2. The van der Waals surface area contributed by atoms with Crippen molar-refractivity contribution in [2.24, 2.45) is 4.99 Å². The molecule has 0 fully saturated rings. The Morgan fingerprint density at radius 3 is 2.64 bits per heavy atom. The Labute approximate surface area is 145 Å². The predicted octanol–water partition coefficient (Wildman–Crippen LogP) is 3.57. The van der Waals surface area contributed by atoms with Crippen LogP contribution in [0.5, 0.6) is 5.75 Å². The molecule has 2 aromatic carbocycles. The lowest BCUT2D eigenvalue weighted by Gasteiger charge is -2.03. The van der Waals surface area contributed by atoms with Gasteiger partial charge in [-0.25, -0.2) is 9.79 Å². The molecule has 0 unspecified atom stereocenters. The summed E-state index contributed by atoms with van der Waals surface area (Å²) in [7, 11) is 0. The molecule has 0 aliphatic carbocycles. The van der Waals surface area contributed by atoms with Crippen LogP contribution in [-0.4, -0.2) is 17.8 Å². The normalized spacial score (nSPS) is 15.1. The number of nitrogens with zero attached hydrogens (tertiary/aromatic N) is 1. The van der Waals surface area contributed by atoms with Crippen molar-refractivity contribution < 1.29 is 19.1 Å². The van der Waals surface area contributed by atoms with Crippen LogP contribution in [0.15, 0.2) is 53.2 Å². The number of hydrogen-bond donors (Lipinski definition) is 0. The minimum Gasteiger partial charge on any atom is -0.427 e. The molecule has 0 bridgehead atoms. The highest BCUT2D eigenvalue weighted by molar-refractivity contribution is 6.12. The Bertz CT molecular complexity index is 925. The highest BCUT2D eigenvalue weighted by atomic mass is 16.6. The molecule has 0 spiro atoms. The molecule has 5 nitrogen and oxygen atoms in total. The number of hydrogen-bond acceptors (Lipinski definition) is 5. The van der Waals surface area contributed by atoms with E-state index in [0.717, 1.165) is 16.7 Å². The summed E-state index contributed by atoms with van der Waals surface area (Å²) in [6.45, 7) is 5.34. The number of carbonyl (C=O) groups excluding carboxylic acids is 2. The molecule has 126 valence electrons. The topological polar surface area (TPSA) is 65.0 Å². The van der Waals surface area contributed by atoms with Gasteiger partial charge in [-0.05, 0) is 60.9 Å². The number of aliphatic imine (C=N–C) groups is 1. The van der Waals surface area contributed by atoms with Crippen LogP contribution in [0.2, 0.25) is 0 Å². The number of ether oxygens (including phenoxy) is 2. The molecule has 3 rings (SSSR count). The van der Waals surface area contributed by atoms with Crippen LogP contribution in [0.3, 0.4) is 0 Å². The van der Waals surface area contributed by atoms with Crippen molar-refractivity contribution in [3.8, 4) is 5.75 Å². The molecule has 2 aromatic rings. The predicted molar refractivity (Wildman–Crippen MR) is 94.3 cm³/mol.